The molecule has 1 atom stereocenters. The highest BCUT2D eigenvalue weighted by Gasteiger charge is 2.36. The molecule has 0 aromatic carbocycles. The third kappa shape index (κ3) is 4.45. The van der Waals surface area contributed by atoms with Crippen LogP contribution in [0.4, 0.5) is 19.1 Å². The van der Waals surface area contributed by atoms with E-state index in [0.717, 1.165) is 6.20 Å². The fourth-order valence-electron chi connectivity index (χ4n) is 3.37. The lowest BCUT2D eigenvalue weighted by atomic mass is 10.1. The second-order valence-corrected chi connectivity index (χ2v) is 7.98. The van der Waals surface area contributed by atoms with Crippen molar-refractivity contribution in [2.24, 2.45) is 0 Å². The van der Waals surface area contributed by atoms with Gasteiger partial charge in [-0.25, -0.2) is 15.0 Å². The number of H-pyrrole nitrogens is 1. The van der Waals surface area contributed by atoms with Crippen molar-refractivity contribution in [1.82, 2.24) is 25.3 Å². The van der Waals surface area contributed by atoms with Gasteiger partial charge in [0.15, 0.2) is 0 Å². The zero-order chi connectivity index (χ0) is 22.2. The van der Waals surface area contributed by atoms with Gasteiger partial charge in [-0.3, -0.25) is 0 Å². The Kier molecular flexibility index (Phi) is 5.28. The summed E-state index contributed by atoms with van der Waals surface area (Å²) in [4.78, 5) is 15.0. The number of rotatable bonds is 3. The van der Waals surface area contributed by atoms with E-state index in [1.807, 2.05) is 19.9 Å². The molecule has 3 aromatic heterocycles. The molecule has 0 aliphatic carbocycles. The van der Waals surface area contributed by atoms with Gasteiger partial charge in [0.05, 0.1) is 24.9 Å². The molecule has 11 heteroatoms. The Morgan fingerprint density at radius 2 is 2.10 bits per heavy atom. The lowest BCUT2D eigenvalue weighted by Crippen LogP contribution is -2.45. The van der Waals surface area contributed by atoms with Crippen LogP contribution in [0.25, 0.3) is 22.3 Å². The van der Waals surface area contributed by atoms with Crippen LogP contribution in [0, 0.1) is 11.3 Å². The smallest absolute Gasteiger partial charge is 0.377 e. The minimum absolute atomic E-state index is 0.0639. The summed E-state index contributed by atoms with van der Waals surface area (Å²) >= 11 is 0. The maximum Gasteiger partial charge on any atom is 0.419 e. The van der Waals surface area contributed by atoms with E-state index in [-0.39, 0.29) is 34.5 Å². The van der Waals surface area contributed by atoms with Gasteiger partial charge in [-0.15, -0.1) is 0 Å². The molecule has 1 unspecified atom stereocenters. The van der Waals surface area contributed by atoms with Crippen LogP contribution >= 0.6 is 0 Å². The number of hydrogen-bond donors (Lipinski definition) is 3. The van der Waals surface area contributed by atoms with Crippen molar-refractivity contribution in [2.45, 2.75) is 31.6 Å². The number of aromatic amines is 1. The van der Waals surface area contributed by atoms with Crippen LogP contribution in [-0.2, 0) is 10.9 Å². The van der Waals surface area contributed by atoms with Crippen LogP contribution in [0.2, 0.25) is 0 Å². The molecule has 4 rings (SSSR count). The largest absolute Gasteiger partial charge is 0.419 e. The lowest BCUT2D eigenvalue weighted by Gasteiger charge is -2.23. The van der Waals surface area contributed by atoms with Crippen LogP contribution in [0.15, 0.2) is 24.5 Å². The minimum Gasteiger partial charge on any atom is -0.377 e. The summed E-state index contributed by atoms with van der Waals surface area (Å²) in [5.41, 5.74) is -0.752. The molecule has 0 saturated carbocycles. The Balaban J connectivity index is 1.72. The van der Waals surface area contributed by atoms with Crippen LogP contribution in [-0.4, -0.2) is 51.3 Å². The van der Waals surface area contributed by atoms with E-state index in [1.165, 1.54) is 12.3 Å². The number of anilines is 1. The topological polar surface area (TPSA) is 112 Å². The average molecular weight is 431 g/mol. The Labute approximate surface area is 175 Å². The third-order valence-electron chi connectivity index (χ3n) is 4.94. The second kappa shape index (κ2) is 7.79. The second-order valence-electron chi connectivity index (χ2n) is 7.98. The van der Waals surface area contributed by atoms with Gasteiger partial charge in [0, 0.05) is 35.4 Å². The first-order chi connectivity index (χ1) is 14.7. The van der Waals surface area contributed by atoms with E-state index < -0.39 is 11.7 Å². The predicted octanol–water partition coefficient (Wildman–Crippen LogP) is 3.09. The fourth-order valence-corrected chi connectivity index (χ4v) is 3.37. The van der Waals surface area contributed by atoms with Crippen molar-refractivity contribution >= 4 is 17.0 Å². The summed E-state index contributed by atoms with van der Waals surface area (Å²) in [6.45, 7) is 5.43. The molecule has 4 heterocycles. The van der Waals surface area contributed by atoms with E-state index in [9.17, 15) is 13.2 Å². The van der Waals surface area contributed by atoms with E-state index in [4.69, 9.17) is 10.00 Å². The number of hydrogen-bond acceptors (Lipinski definition) is 7. The van der Waals surface area contributed by atoms with Gasteiger partial charge >= 0.3 is 6.18 Å². The number of pyridine rings is 1. The first kappa shape index (κ1) is 21.0. The predicted molar refractivity (Wildman–Crippen MR) is 107 cm³/mol. The highest BCUT2D eigenvalue weighted by molar-refractivity contribution is 5.93. The number of aromatic nitrogens is 4. The molecule has 0 amide bonds. The number of alkyl halides is 3. The first-order valence-electron chi connectivity index (χ1n) is 9.58. The monoisotopic (exact) mass is 431 g/mol. The minimum atomic E-state index is -4.64. The molecule has 1 saturated heterocycles. The summed E-state index contributed by atoms with van der Waals surface area (Å²) < 4.78 is 46.7. The molecule has 0 bridgehead atoms. The van der Waals surface area contributed by atoms with Crippen molar-refractivity contribution in [1.29, 1.82) is 5.26 Å². The Morgan fingerprint density at radius 3 is 2.84 bits per heavy atom. The highest BCUT2D eigenvalue weighted by Crippen LogP contribution is 2.38. The average Bonchev–Trinajstić information content (AvgIpc) is 3.06. The normalized spacial score (nSPS) is 19.0. The zero-order valence-corrected chi connectivity index (χ0v) is 16.8. The first-order valence-corrected chi connectivity index (χ1v) is 9.58. The molecule has 8 nitrogen and oxygen atoms in total. The van der Waals surface area contributed by atoms with E-state index in [2.05, 4.69) is 30.6 Å². The van der Waals surface area contributed by atoms with E-state index >= 15 is 0 Å². The van der Waals surface area contributed by atoms with Gasteiger partial charge in [-0.1, -0.05) is 0 Å². The molecule has 3 N–H and O–H groups in total. The summed E-state index contributed by atoms with van der Waals surface area (Å²) in [7, 11) is 0. The van der Waals surface area contributed by atoms with Gasteiger partial charge < -0.3 is 20.4 Å². The highest BCUT2D eigenvalue weighted by atomic mass is 19.4. The Morgan fingerprint density at radius 1 is 1.29 bits per heavy atom. The molecule has 1 fully saturated rings. The number of nitrogens with one attached hydrogen (secondary N) is 3. The summed E-state index contributed by atoms with van der Waals surface area (Å²) in [5, 5.41) is 15.8. The van der Waals surface area contributed by atoms with E-state index in [0.29, 0.717) is 30.8 Å². The van der Waals surface area contributed by atoms with Crippen molar-refractivity contribution in [3.63, 3.8) is 0 Å². The summed E-state index contributed by atoms with van der Waals surface area (Å²) in [6.07, 6.45) is -2.47. The van der Waals surface area contributed by atoms with Crippen LogP contribution in [0.3, 0.4) is 0 Å². The van der Waals surface area contributed by atoms with Crippen LogP contribution < -0.4 is 10.6 Å². The maximum absolute atomic E-state index is 13.7. The molecule has 0 radical (unpaired) electrons. The molecule has 31 heavy (non-hydrogen) atoms. The molecular weight excluding hydrogens is 411 g/mol. The molecule has 1 aliphatic heterocycles. The molecule has 3 aromatic rings. The standard InChI is InChI=1S/C20H20F3N7O/c1-19(2)10-31-9-12(6-27-19)29-18-26-8-15(20(21,22)23)16(30-18)14-7-25-17-13(14)4-3-11(5-24)28-17/h3-4,7-8,12,27H,6,9-10H2,1-2H3,(H,25,28)(H,26,29,30). The number of nitriles is 1. The molecule has 1 aliphatic rings. The SMILES string of the molecule is CC1(C)COCC(Nc2ncc(C(F)(F)F)c(-c3c[nH]c4nc(C#N)ccc34)n2)CN1. The Bertz CT molecular complexity index is 1150. The van der Waals surface area contributed by atoms with Gasteiger partial charge in [0.2, 0.25) is 5.95 Å². The van der Waals surface area contributed by atoms with Gasteiger partial charge in [-0.2, -0.15) is 18.4 Å². The van der Waals surface area contributed by atoms with Crippen molar-refractivity contribution < 1.29 is 17.9 Å². The maximum atomic E-state index is 13.7. The van der Waals surface area contributed by atoms with E-state index in [1.54, 1.807) is 6.07 Å². The zero-order valence-electron chi connectivity index (χ0n) is 16.8. The fraction of sp³-hybridized carbons (Fsp3) is 0.400. The van der Waals surface area contributed by atoms with Gasteiger partial charge in [-0.05, 0) is 26.0 Å². The van der Waals surface area contributed by atoms with Gasteiger partial charge in [0.1, 0.15) is 23.0 Å². The third-order valence-corrected chi connectivity index (χ3v) is 4.94. The van der Waals surface area contributed by atoms with Crippen LogP contribution in [0.1, 0.15) is 25.1 Å². The number of nitrogens with zero attached hydrogens (tertiary/aromatic N) is 4. The quantitative estimate of drug-likeness (QED) is 0.584. The van der Waals surface area contributed by atoms with Crippen LogP contribution in [0.5, 0.6) is 0 Å². The van der Waals surface area contributed by atoms with Crippen molar-refractivity contribution in [3.8, 4) is 17.3 Å². The van der Waals surface area contributed by atoms with Gasteiger partial charge in [0.25, 0.3) is 0 Å². The summed E-state index contributed by atoms with van der Waals surface area (Å²) in [5.74, 6) is 0.0639. The number of halogens is 3. The Hall–Kier alpha value is -3.23. The number of fused-ring (bicyclic) bond motifs is 1. The molecular formula is C20H20F3N7O. The lowest BCUT2D eigenvalue weighted by molar-refractivity contribution is -0.137. The van der Waals surface area contributed by atoms with Crippen molar-refractivity contribution in [3.05, 3.63) is 35.8 Å². The molecule has 0 spiro atoms. The summed E-state index contributed by atoms with van der Waals surface area (Å²) in [6, 6.07) is 4.69. The van der Waals surface area contributed by atoms with Crippen molar-refractivity contribution in [2.75, 3.05) is 25.1 Å². The molecule has 162 valence electrons. The number of ether oxygens (including phenoxy) is 1.